The monoisotopic (exact) mass is 1350 g/mol. The highest BCUT2D eigenvalue weighted by Crippen LogP contribution is 2.45. The Morgan fingerprint density at radius 2 is 0.570 bits per heavy atom. The molecular formula is C89H92Br2N2. The molecule has 0 saturated carbocycles. The summed E-state index contributed by atoms with van der Waals surface area (Å²) in [5.74, 6) is 0. The van der Waals surface area contributed by atoms with Gasteiger partial charge >= 0.3 is 0 Å². The van der Waals surface area contributed by atoms with Crippen molar-refractivity contribution in [2.24, 2.45) is 0 Å². The maximum absolute atomic E-state index is 3.64. The normalized spacial score (nSPS) is 11.4. The Morgan fingerprint density at radius 3 is 0.882 bits per heavy atom. The number of aryl methyl sites for hydroxylation is 10. The highest BCUT2D eigenvalue weighted by atomic mass is 79.9. The van der Waals surface area contributed by atoms with Gasteiger partial charge in [0, 0.05) is 43.1 Å². The first-order valence-electron chi connectivity index (χ1n) is 34.3. The summed E-state index contributed by atoms with van der Waals surface area (Å²) in [6.07, 6.45) is 15.0. The van der Waals surface area contributed by atoms with Crippen molar-refractivity contribution in [2.75, 3.05) is 9.80 Å². The van der Waals surface area contributed by atoms with Crippen LogP contribution in [0.15, 0.2) is 227 Å². The fraction of sp³-hybridized carbons (Fsp3) is 0.258. The molecule has 2 nitrogen and oxygen atoms in total. The van der Waals surface area contributed by atoms with E-state index in [4.69, 9.17) is 0 Å². The zero-order valence-electron chi connectivity index (χ0n) is 56.6. The van der Waals surface area contributed by atoms with Crippen LogP contribution in [0, 0.1) is 41.5 Å². The van der Waals surface area contributed by atoms with Gasteiger partial charge in [0.25, 0.3) is 0 Å². The number of nitrogens with zero attached hydrogens (tertiary/aromatic N) is 2. The number of halogens is 2. The van der Waals surface area contributed by atoms with E-state index in [1.165, 1.54) is 161 Å². The highest BCUT2D eigenvalue weighted by Gasteiger charge is 2.22. The Balaban J connectivity index is 0.992. The van der Waals surface area contributed by atoms with Gasteiger partial charge in [-0.2, -0.15) is 0 Å². The molecule has 0 amide bonds. The molecule has 0 bridgehead atoms. The number of rotatable bonds is 25. The van der Waals surface area contributed by atoms with Crippen molar-refractivity contribution in [3.05, 3.63) is 283 Å². The molecule has 0 fully saturated rings. The van der Waals surface area contributed by atoms with Crippen molar-refractivity contribution < 1.29 is 0 Å². The van der Waals surface area contributed by atoms with Gasteiger partial charge in [-0.15, -0.1) is 0 Å². The smallest absolute Gasteiger partial charge is 0.0464 e. The molecule has 11 rings (SSSR count). The van der Waals surface area contributed by atoms with Crippen LogP contribution in [0.5, 0.6) is 0 Å². The van der Waals surface area contributed by atoms with E-state index in [0.29, 0.717) is 0 Å². The lowest BCUT2D eigenvalue weighted by Gasteiger charge is -2.28. The van der Waals surface area contributed by atoms with E-state index in [0.717, 1.165) is 88.0 Å². The summed E-state index contributed by atoms with van der Waals surface area (Å²) >= 11 is 7.29. The molecule has 0 N–H and O–H groups in total. The lowest BCUT2D eigenvalue weighted by atomic mass is 9.84. The minimum Gasteiger partial charge on any atom is -0.310 e. The fourth-order valence-corrected chi connectivity index (χ4v) is 14.8. The summed E-state index contributed by atoms with van der Waals surface area (Å²) < 4.78 is 2.16. The van der Waals surface area contributed by atoms with E-state index in [-0.39, 0.29) is 0 Å². The first kappa shape index (κ1) is 66.4. The van der Waals surface area contributed by atoms with Gasteiger partial charge in [-0.25, -0.2) is 0 Å². The molecule has 0 saturated heterocycles. The summed E-state index contributed by atoms with van der Waals surface area (Å²) in [6, 6.07) is 83.1. The second-order valence-corrected chi connectivity index (χ2v) is 27.8. The van der Waals surface area contributed by atoms with E-state index in [2.05, 4.69) is 329 Å². The van der Waals surface area contributed by atoms with Gasteiger partial charge in [-0.05, 0) is 300 Å². The van der Waals surface area contributed by atoms with Gasteiger partial charge in [-0.1, -0.05) is 226 Å². The Hall–Kier alpha value is -8.02. The second kappa shape index (κ2) is 30.8. The standard InChI is InChI=1S/C89H92Br2N2/c1-11-15-17-19-22-74-59-87(85-51-49-83(57-61(85)6)93(79-42-30-71(31-43-79)69-26-38-77(91)39-27-69)81-46-34-73(35-47-81)89-64(9)54-67(21-13-3)55-65(89)10)75(23-20-18-16-12-2)58-86(74)84-50-48-82(56-60(84)5)92(78-40-28-70(29-41-78)68-24-36-76(90)37-25-68)80-44-32-72(33-45-80)88-62(7)52-66(14-4)53-63(88)8/h24-59H,11-23H2,1-10H3. The van der Waals surface area contributed by atoms with E-state index in [9.17, 15) is 0 Å². The summed E-state index contributed by atoms with van der Waals surface area (Å²) in [5, 5.41) is 0. The number of hydrogen-bond acceptors (Lipinski definition) is 2. The average Bonchev–Trinajstić information content (AvgIpc) is 0.879. The first-order valence-corrected chi connectivity index (χ1v) is 35.9. The van der Waals surface area contributed by atoms with Crippen LogP contribution in [0.2, 0.25) is 0 Å². The topological polar surface area (TPSA) is 6.48 Å². The Bertz CT molecular complexity index is 4280. The van der Waals surface area contributed by atoms with Crippen LogP contribution in [0.25, 0.3) is 66.8 Å². The predicted octanol–water partition coefficient (Wildman–Crippen LogP) is 27.8. The number of benzene rings is 11. The Labute approximate surface area is 574 Å². The maximum Gasteiger partial charge on any atom is 0.0464 e. The minimum atomic E-state index is 1.03. The predicted molar refractivity (Wildman–Crippen MR) is 411 cm³/mol. The van der Waals surface area contributed by atoms with Crippen molar-refractivity contribution in [1.29, 1.82) is 0 Å². The number of unbranched alkanes of at least 4 members (excludes halogenated alkanes) is 6. The van der Waals surface area contributed by atoms with Gasteiger partial charge in [0.1, 0.15) is 0 Å². The Kier molecular flexibility index (Phi) is 22.0. The molecule has 4 heteroatoms. The molecule has 0 aliphatic rings. The third-order valence-corrected chi connectivity index (χ3v) is 20.1. The van der Waals surface area contributed by atoms with Crippen molar-refractivity contribution in [2.45, 2.75) is 153 Å². The van der Waals surface area contributed by atoms with E-state index in [1.807, 2.05) is 0 Å². The molecule has 0 aromatic heterocycles. The minimum absolute atomic E-state index is 1.03. The van der Waals surface area contributed by atoms with Gasteiger partial charge in [0.05, 0.1) is 0 Å². The first-order chi connectivity index (χ1) is 45.2. The summed E-state index contributed by atoms with van der Waals surface area (Å²) in [7, 11) is 0. The summed E-state index contributed by atoms with van der Waals surface area (Å²) in [6.45, 7) is 22.9. The fourth-order valence-electron chi connectivity index (χ4n) is 14.3. The molecule has 11 aromatic carbocycles. The SMILES string of the molecule is CCCCCCc1cc(-c2ccc(N(c3ccc(-c4ccc(Br)cc4)cc3)c3ccc(-c4c(C)cc(CCC)cc4C)cc3)cc2C)c(CCCCCC)cc1-c1ccc(N(c2ccc(-c3ccc(Br)cc3)cc2)c2ccc(-c3c(C)cc(CC)cc3C)cc2)cc1C. The van der Waals surface area contributed by atoms with E-state index in [1.54, 1.807) is 0 Å². The largest absolute Gasteiger partial charge is 0.310 e. The molecule has 11 aromatic rings. The molecule has 0 aliphatic heterocycles. The quantitative estimate of drug-likeness (QED) is 0.0526. The zero-order valence-corrected chi connectivity index (χ0v) is 59.8. The average molecular weight is 1350 g/mol. The van der Waals surface area contributed by atoms with Gasteiger partial charge < -0.3 is 9.80 Å². The van der Waals surface area contributed by atoms with Crippen LogP contribution in [-0.2, 0) is 25.7 Å². The van der Waals surface area contributed by atoms with Crippen LogP contribution in [0.4, 0.5) is 34.1 Å². The molecule has 0 heterocycles. The van der Waals surface area contributed by atoms with Gasteiger partial charge in [0.15, 0.2) is 0 Å². The van der Waals surface area contributed by atoms with Crippen molar-refractivity contribution in [1.82, 2.24) is 0 Å². The van der Waals surface area contributed by atoms with Crippen LogP contribution >= 0.6 is 31.9 Å². The van der Waals surface area contributed by atoms with Crippen LogP contribution in [0.3, 0.4) is 0 Å². The third kappa shape index (κ3) is 15.5. The molecule has 0 unspecified atom stereocenters. The molecule has 93 heavy (non-hydrogen) atoms. The van der Waals surface area contributed by atoms with Crippen LogP contribution < -0.4 is 9.80 Å². The maximum atomic E-state index is 3.64. The van der Waals surface area contributed by atoms with Crippen molar-refractivity contribution in [3.63, 3.8) is 0 Å². The lowest BCUT2D eigenvalue weighted by Crippen LogP contribution is -2.10. The second-order valence-electron chi connectivity index (χ2n) is 26.0. The molecular weight excluding hydrogens is 1260 g/mol. The third-order valence-electron chi connectivity index (χ3n) is 19.0. The zero-order chi connectivity index (χ0) is 65.1. The number of hydrogen-bond donors (Lipinski definition) is 0. The lowest BCUT2D eigenvalue weighted by molar-refractivity contribution is 0.664. The molecule has 0 aliphatic carbocycles. The van der Waals surface area contributed by atoms with Crippen molar-refractivity contribution >= 4 is 66.0 Å². The molecule has 0 atom stereocenters. The molecule has 472 valence electrons. The van der Waals surface area contributed by atoms with Crippen molar-refractivity contribution in [3.8, 4) is 66.8 Å². The van der Waals surface area contributed by atoms with E-state index < -0.39 is 0 Å². The van der Waals surface area contributed by atoms with Gasteiger partial charge in [-0.3, -0.25) is 0 Å². The number of anilines is 6. The Morgan fingerprint density at radius 1 is 0.258 bits per heavy atom. The summed E-state index contributed by atoms with van der Waals surface area (Å²) in [4.78, 5) is 4.88. The van der Waals surface area contributed by atoms with E-state index >= 15 is 0 Å². The summed E-state index contributed by atoms with van der Waals surface area (Å²) in [5.41, 5.74) is 35.6. The molecule has 0 spiro atoms. The van der Waals surface area contributed by atoms with Crippen LogP contribution in [0.1, 0.15) is 141 Å². The van der Waals surface area contributed by atoms with Gasteiger partial charge in [0.2, 0.25) is 0 Å². The highest BCUT2D eigenvalue weighted by molar-refractivity contribution is 9.10. The van der Waals surface area contributed by atoms with Crippen LogP contribution in [-0.4, -0.2) is 0 Å². The molecule has 0 radical (unpaired) electrons.